The van der Waals surface area contributed by atoms with Gasteiger partial charge in [0.05, 0.1) is 12.2 Å². The van der Waals surface area contributed by atoms with Crippen LogP contribution in [0.1, 0.15) is 25.3 Å². The highest BCUT2D eigenvalue weighted by atomic mass is 16.5. The summed E-state index contributed by atoms with van der Waals surface area (Å²) in [5.41, 5.74) is 1.05. The molecule has 106 valence electrons. The molecule has 0 aromatic carbocycles. The zero-order valence-electron chi connectivity index (χ0n) is 12.1. The van der Waals surface area contributed by atoms with Gasteiger partial charge in [-0.1, -0.05) is 0 Å². The summed E-state index contributed by atoms with van der Waals surface area (Å²) in [5, 5.41) is 3.27. The average molecular weight is 264 g/mol. The lowest BCUT2D eigenvalue weighted by Crippen LogP contribution is -2.39. The molecule has 19 heavy (non-hydrogen) atoms. The molecule has 2 heterocycles. The molecule has 1 fully saturated rings. The van der Waals surface area contributed by atoms with Gasteiger partial charge in [0.2, 0.25) is 5.88 Å². The van der Waals surface area contributed by atoms with Crippen molar-refractivity contribution in [3.8, 4) is 5.88 Å². The Balaban J connectivity index is 2.14. The second kappa shape index (κ2) is 6.70. The molecule has 1 aliphatic heterocycles. The Kier molecular flexibility index (Phi) is 4.96. The average Bonchev–Trinajstić information content (AvgIpc) is 2.42. The molecule has 0 saturated carbocycles. The molecule has 0 amide bonds. The first-order valence-corrected chi connectivity index (χ1v) is 7.10. The number of hydrogen-bond acceptors (Lipinski definition) is 5. The molecular formula is C14H24N4O. The molecule has 0 radical (unpaired) electrons. The van der Waals surface area contributed by atoms with Crippen molar-refractivity contribution in [3.05, 3.63) is 11.9 Å². The number of piperidine rings is 1. The van der Waals surface area contributed by atoms with Gasteiger partial charge in [-0.3, -0.25) is 0 Å². The molecule has 0 spiro atoms. The Bertz CT molecular complexity index is 408. The van der Waals surface area contributed by atoms with Crippen LogP contribution in [0.3, 0.4) is 0 Å². The van der Waals surface area contributed by atoms with Gasteiger partial charge in [-0.25, -0.2) is 9.97 Å². The summed E-state index contributed by atoms with van der Waals surface area (Å²) in [6.07, 6.45) is 4.12. The minimum Gasteiger partial charge on any atom is -0.478 e. The molecule has 1 unspecified atom stereocenters. The predicted octanol–water partition coefficient (Wildman–Crippen LogP) is 1.62. The minimum absolute atomic E-state index is 0.639. The first kappa shape index (κ1) is 14.1. The molecule has 0 aliphatic carbocycles. The van der Waals surface area contributed by atoms with Crippen LogP contribution < -0.4 is 15.0 Å². The SMILES string of the molecule is CCOc1ncnc(N2CCCC(CNC)C2)c1C. The summed E-state index contributed by atoms with van der Waals surface area (Å²) in [5.74, 6) is 2.44. The molecule has 2 rings (SSSR count). The fourth-order valence-electron chi connectivity index (χ4n) is 2.74. The maximum Gasteiger partial charge on any atom is 0.221 e. The van der Waals surface area contributed by atoms with Crippen molar-refractivity contribution in [1.29, 1.82) is 0 Å². The van der Waals surface area contributed by atoms with Crippen molar-refractivity contribution < 1.29 is 4.74 Å². The van der Waals surface area contributed by atoms with Crippen molar-refractivity contribution in [2.75, 3.05) is 38.2 Å². The third-order valence-corrected chi connectivity index (χ3v) is 3.60. The van der Waals surface area contributed by atoms with Gasteiger partial charge in [0.1, 0.15) is 12.1 Å². The van der Waals surface area contributed by atoms with Crippen LogP contribution in [-0.2, 0) is 0 Å². The normalized spacial score (nSPS) is 19.5. The smallest absolute Gasteiger partial charge is 0.221 e. The summed E-state index contributed by atoms with van der Waals surface area (Å²) in [6, 6.07) is 0. The van der Waals surface area contributed by atoms with Gasteiger partial charge < -0.3 is 15.0 Å². The van der Waals surface area contributed by atoms with Gasteiger partial charge in [-0.05, 0) is 46.2 Å². The van der Waals surface area contributed by atoms with E-state index in [0.29, 0.717) is 18.4 Å². The van der Waals surface area contributed by atoms with Crippen LogP contribution in [0.4, 0.5) is 5.82 Å². The summed E-state index contributed by atoms with van der Waals surface area (Å²) in [6.45, 7) is 7.86. The van der Waals surface area contributed by atoms with Crippen molar-refractivity contribution in [1.82, 2.24) is 15.3 Å². The molecule has 5 heteroatoms. The van der Waals surface area contributed by atoms with E-state index in [1.54, 1.807) is 6.33 Å². The van der Waals surface area contributed by atoms with Crippen LogP contribution in [0.25, 0.3) is 0 Å². The van der Waals surface area contributed by atoms with Crippen molar-refractivity contribution >= 4 is 5.82 Å². The molecule has 1 N–H and O–H groups in total. The van der Waals surface area contributed by atoms with Crippen molar-refractivity contribution in [3.63, 3.8) is 0 Å². The molecule has 0 bridgehead atoms. The lowest BCUT2D eigenvalue weighted by Gasteiger charge is -2.34. The summed E-state index contributed by atoms with van der Waals surface area (Å²) < 4.78 is 5.55. The molecule has 1 aromatic rings. The quantitative estimate of drug-likeness (QED) is 0.876. The second-order valence-electron chi connectivity index (χ2n) is 5.07. The van der Waals surface area contributed by atoms with Gasteiger partial charge >= 0.3 is 0 Å². The number of rotatable bonds is 5. The zero-order chi connectivity index (χ0) is 13.7. The summed E-state index contributed by atoms with van der Waals surface area (Å²) >= 11 is 0. The topological polar surface area (TPSA) is 50.3 Å². The minimum atomic E-state index is 0.639. The van der Waals surface area contributed by atoms with E-state index in [0.717, 1.165) is 31.0 Å². The van der Waals surface area contributed by atoms with Gasteiger partial charge in [0, 0.05) is 13.1 Å². The maximum absolute atomic E-state index is 5.55. The van der Waals surface area contributed by atoms with E-state index in [1.165, 1.54) is 12.8 Å². The standard InChI is InChI=1S/C14H24N4O/c1-4-19-14-11(2)13(16-10-17-14)18-7-5-6-12(9-18)8-15-3/h10,12,15H,4-9H2,1-3H3. The Morgan fingerprint density at radius 3 is 3.05 bits per heavy atom. The number of aromatic nitrogens is 2. The fraction of sp³-hybridized carbons (Fsp3) is 0.714. The second-order valence-corrected chi connectivity index (χ2v) is 5.07. The molecule has 5 nitrogen and oxygen atoms in total. The number of nitrogens with zero attached hydrogens (tertiary/aromatic N) is 3. The first-order valence-electron chi connectivity index (χ1n) is 7.10. The first-order chi connectivity index (χ1) is 9.26. The van der Waals surface area contributed by atoms with Crippen molar-refractivity contribution in [2.24, 2.45) is 5.92 Å². The molecule has 1 saturated heterocycles. The van der Waals surface area contributed by atoms with Gasteiger partial charge in [-0.2, -0.15) is 0 Å². The van der Waals surface area contributed by atoms with Crippen LogP contribution in [0.5, 0.6) is 5.88 Å². The maximum atomic E-state index is 5.55. The van der Waals surface area contributed by atoms with Crippen LogP contribution in [0.15, 0.2) is 6.33 Å². The molecule has 1 aromatic heterocycles. The monoisotopic (exact) mass is 264 g/mol. The lowest BCUT2D eigenvalue weighted by atomic mass is 9.98. The van der Waals surface area contributed by atoms with Gasteiger partial charge in [0.15, 0.2) is 0 Å². The van der Waals surface area contributed by atoms with Crippen LogP contribution in [0, 0.1) is 12.8 Å². The van der Waals surface area contributed by atoms with Crippen molar-refractivity contribution in [2.45, 2.75) is 26.7 Å². The van der Waals surface area contributed by atoms with Gasteiger partial charge in [-0.15, -0.1) is 0 Å². The Labute approximate surface area is 115 Å². The van der Waals surface area contributed by atoms with E-state index in [2.05, 4.69) is 20.2 Å². The van der Waals surface area contributed by atoms with E-state index in [9.17, 15) is 0 Å². The number of nitrogens with one attached hydrogen (secondary N) is 1. The number of ether oxygens (including phenoxy) is 1. The zero-order valence-corrected chi connectivity index (χ0v) is 12.1. The van der Waals surface area contributed by atoms with E-state index in [-0.39, 0.29) is 0 Å². The summed E-state index contributed by atoms with van der Waals surface area (Å²) in [4.78, 5) is 11.0. The van der Waals surface area contributed by atoms with Crippen LogP contribution in [-0.4, -0.2) is 43.3 Å². The highest BCUT2D eigenvalue weighted by Gasteiger charge is 2.22. The van der Waals surface area contributed by atoms with Crippen LogP contribution in [0.2, 0.25) is 0 Å². The van der Waals surface area contributed by atoms with Gasteiger partial charge in [0.25, 0.3) is 0 Å². The fourth-order valence-corrected chi connectivity index (χ4v) is 2.74. The number of anilines is 1. The molecule has 1 aliphatic rings. The Morgan fingerprint density at radius 1 is 1.47 bits per heavy atom. The van der Waals surface area contributed by atoms with E-state index < -0.39 is 0 Å². The molecule has 1 atom stereocenters. The lowest BCUT2D eigenvalue weighted by molar-refractivity contribution is 0.323. The van der Waals surface area contributed by atoms with Crippen LogP contribution >= 0.6 is 0 Å². The number of hydrogen-bond donors (Lipinski definition) is 1. The van der Waals surface area contributed by atoms with E-state index >= 15 is 0 Å². The Hall–Kier alpha value is -1.36. The Morgan fingerprint density at radius 2 is 2.32 bits per heavy atom. The highest BCUT2D eigenvalue weighted by Crippen LogP contribution is 2.27. The highest BCUT2D eigenvalue weighted by molar-refractivity contribution is 5.50. The third-order valence-electron chi connectivity index (χ3n) is 3.60. The summed E-state index contributed by atoms with van der Waals surface area (Å²) in [7, 11) is 2.02. The van der Waals surface area contributed by atoms with E-state index in [1.807, 2.05) is 20.9 Å². The molecular weight excluding hydrogens is 240 g/mol. The van der Waals surface area contributed by atoms with E-state index in [4.69, 9.17) is 4.74 Å². The third kappa shape index (κ3) is 3.35. The largest absolute Gasteiger partial charge is 0.478 e. The predicted molar refractivity (Wildman–Crippen MR) is 76.8 cm³/mol.